The number of carbonyl (C=O) groups is 1. The summed E-state index contributed by atoms with van der Waals surface area (Å²) in [7, 11) is 0. The van der Waals surface area contributed by atoms with Gasteiger partial charge < -0.3 is 10.6 Å². The number of nitrogens with two attached hydrogens (primary N) is 1. The lowest BCUT2D eigenvalue weighted by Gasteiger charge is -2.30. The van der Waals surface area contributed by atoms with Crippen LogP contribution >= 0.6 is 11.8 Å². The van der Waals surface area contributed by atoms with Crippen LogP contribution in [0, 0.1) is 0 Å². The van der Waals surface area contributed by atoms with Crippen LogP contribution in [-0.2, 0) is 0 Å². The minimum Gasteiger partial charge on any atom is -0.383 e. The fourth-order valence-corrected chi connectivity index (χ4v) is 3.57. The van der Waals surface area contributed by atoms with Crippen molar-refractivity contribution in [3.8, 4) is 0 Å². The van der Waals surface area contributed by atoms with Crippen LogP contribution in [-0.4, -0.2) is 39.9 Å². The lowest BCUT2D eigenvalue weighted by molar-refractivity contribution is 0.0765. The summed E-state index contributed by atoms with van der Waals surface area (Å²) >= 11 is 1.91. The van der Waals surface area contributed by atoms with E-state index in [0.29, 0.717) is 16.6 Å². The van der Waals surface area contributed by atoms with Gasteiger partial charge in [-0.25, -0.2) is 4.98 Å². The van der Waals surface area contributed by atoms with E-state index in [1.807, 2.05) is 40.9 Å². The smallest absolute Gasteiger partial charge is 0.256 e. The Morgan fingerprint density at radius 3 is 2.90 bits per heavy atom. The first-order valence-corrected chi connectivity index (χ1v) is 7.76. The third-order valence-corrected chi connectivity index (χ3v) is 4.72. The summed E-state index contributed by atoms with van der Waals surface area (Å²) in [5.41, 5.74) is 6.53. The Kier molecular flexibility index (Phi) is 3.53. The summed E-state index contributed by atoms with van der Waals surface area (Å²) in [6, 6.07) is 7.67. The van der Waals surface area contributed by atoms with Gasteiger partial charge in [0.2, 0.25) is 0 Å². The molecule has 2 aromatic rings. The minimum atomic E-state index is 0.0563. The maximum absolute atomic E-state index is 12.7. The van der Waals surface area contributed by atoms with Crippen LogP contribution in [0.5, 0.6) is 0 Å². The Morgan fingerprint density at radius 2 is 2.15 bits per heavy atom. The van der Waals surface area contributed by atoms with Crippen molar-refractivity contribution in [1.29, 1.82) is 0 Å². The predicted molar refractivity (Wildman–Crippen MR) is 84.0 cm³/mol. The van der Waals surface area contributed by atoms with Gasteiger partial charge in [0.15, 0.2) is 0 Å². The number of thioether (sulfide) groups is 1. The van der Waals surface area contributed by atoms with Gasteiger partial charge in [-0.1, -0.05) is 31.2 Å². The van der Waals surface area contributed by atoms with Crippen LogP contribution in [0.4, 0.5) is 5.82 Å². The molecule has 20 heavy (non-hydrogen) atoms. The molecule has 0 spiro atoms. The van der Waals surface area contributed by atoms with Gasteiger partial charge in [-0.15, -0.1) is 0 Å². The van der Waals surface area contributed by atoms with Crippen LogP contribution in [0.2, 0.25) is 0 Å². The van der Waals surface area contributed by atoms with Crippen molar-refractivity contribution >= 4 is 34.3 Å². The fourth-order valence-electron chi connectivity index (χ4n) is 2.56. The summed E-state index contributed by atoms with van der Waals surface area (Å²) in [6.07, 6.45) is 1.60. The second kappa shape index (κ2) is 5.32. The van der Waals surface area contributed by atoms with E-state index in [2.05, 4.69) is 11.9 Å². The van der Waals surface area contributed by atoms with Gasteiger partial charge in [-0.05, 0) is 5.39 Å². The van der Waals surface area contributed by atoms with Crippen LogP contribution in [0.15, 0.2) is 30.5 Å². The molecule has 104 valence electrons. The molecule has 3 rings (SSSR count). The quantitative estimate of drug-likeness (QED) is 0.875. The van der Waals surface area contributed by atoms with E-state index in [0.717, 1.165) is 29.6 Å². The highest BCUT2D eigenvalue weighted by Crippen LogP contribution is 2.25. The van der Waals surface area contributed by atoms with Crippen LogP contribution in [0.25, 0.3) is 10.8 Å². The maximum Gasteiger partial charge on any atom is 0.256 e. The average Bonchev–Trinajstić information content (AvgIpc) is 2.47. The number of amides is 1. The Labute approximate surface area is 122 Å². The van der Waals surface area contributed by atoms with E-state index in [1.54, 1.807) is 6.20 Å². The van der Waals surface area contributed by atoms with Crippen molar-refractivity contribution in [2.45, 2.75) is 12.2 Å². The topological polar surface area (TPSA) is 59.2 Å². The molecule has 1 aliphatic heterocycles. The number of hydrogen-bond acceptors (Lipinski definition) is 4. The van der Waals surface area contributed by atoms with Crippen LogP contribution in [0.3, 0.4) is 0 Å². The van der Waals surface area contributed by atoms with Crippen molar-refractivity contribution in [2.24, 2.45) is 0 Å². The maximum atomic E-state index is 12.7. The molecule has 5 heteroatoms. The predicted octanol–water partition coefficient (Wildman–Crippen LogP) is 2.39. The Morgan fingerprint density at radius 1 is 1.40 bits per heavy atom. The number of fused-ring (bicyclic) bond motifs is 1. The van der Waals surface area contributed by atoms with Crippen molar-refractivity contribution in [3.05, 3.63) is 36.0 Å². The summed E-state index contributed by atoms with van der Waals surface area (Å²) in [5.74, 6) is 1.52. The lowest BCUT2D eigenvalue weighted by Crippen LogP contribution is -2.41. The zero-order chi connectivity index (χ0) is 14.1. The van der Waals surface area contributed by atoms with Crippen molar-refractivity contribution < 1.29 is 4.79 Å². The summed E-state index contributed by atoms with van der Waals surface area (Å²) in [4.78, 5) is 18.8. The molecule has 0 radical (unpaired) electrons. The van der Waals surface area contributed by atoms with E-state index in [1.165, 1.54) is 0 Å². The number of carbonyl (C=O) groups excluding carboxylic acids is 1. The molecule has 2 N–H and O–H groups in total. The van der Waals surface area contributed by atoms with E-state index in [4.69, 9.17) is 5.73 Å². The molecule has 1 aromatic carbocycles. The monoisotopic (exact) mass is 287 g/mol. The number of rotatable bonds is 1. The van der Waals surface area contributed by atoms with Gasteiger partial charge in [0, 0.05) is 35.7 Å². The normalized spacial score (nSPS) is 19.2. The van der Waals surface area contributed by atoms with Gasteiger partial charge in [0.05, 0.1) is 5.56 Å². The molecule has 1 amide bonds. The molecule has 1 aromatic heterocycles. The standard InChI is InChI=1S/C15H17N3OS/c1-10-9-18(6-7-20-10)15(19)13-8-17-14(16)12-5-3-2-4-11(12)13/h2-5,8,10H,6-7,9H2,1H3,(H2,16,17). The molecule has 4 nitrogen and oxygen atoms in total. The molecule has 0 aliphatic carbocycles. The molecule has 1 unspecified atom stereocenters. The number of nitrogen functional groups attached to an aromatic ring is 1. The molecule has 0 bridgehead atoms. The Bertz CT molecular complexity index is 659. The summed E-state index contributed by atoms with van der Waals surface area (Å²) < 4.78 is 0. The number of anilines is 1. The van der Waals surface area contributed by atoms with E-state index in [-0.39, 0.29) is 5.91 Å². The van der Waals surface area contributed by atoms with Gasteiger partial charge >= 0.3 is 0 Å². The first-order valence-electron chi connectivity index (χ1n) is 6.71. The van der Waals surface area contributed by atoms with Gasteiger partial charge in [0.25, 0.3) is 5.91 Å². The number of hydrogen-bond donors (Lipinski definition) is 1. The second-order valence-electron chi connectivity index (χ2n) is 5.04. The largest absolute Gasteiger partial charge is 0.383 e. The Balaban J connectivity index is 2.01. The zero-order valence-corrected chi connectivity index (χ0v) is 12.2. The lowest BCUT2D eigenvalue weighted by atomic mass is 10.1. The highest BCUT2D eigenvalue weighted by molar-refractivity contribution is 7.99. The molecular weight excluding hydrogens is 270 g/mol. The second-order valence-corrected chi connectivity index (χ2v) is 6.58. The average molecular weight is 287 g/mol. The molecule has 1 aliphatic rings. The molecular formula is C15H17N3OS. The Hall–Kier alpha value is -1.75. The molecule has 0 saturated carbocycles. The van der Waals surface area contributed by atoms with Crippen molar-refractivity contribution in [3.63, 3.8) is 0 Å². The van der Waals surface area contributed by atoms with E-state index >= 15 is 0 Å². The zero-order valence-electron chi connectivity index (χ0n) is 11.4. The SMILES string of the molecule is CC1CN(C(=O)c2cnc(N)c3ccccc23)CCS1. The van der Waals surface area contributed by atoms with E-state index in [9.17, 15) is 4.79 Å². The minimum absolute atomic E-state index is 0.0563. The first kappa shape index (κ1) is 13.2. The van der Waals surface area contributed by atoms with Gasteiger partial charge in [-0.2, -0.15) is 11.8 Å². The summed E-state index contributed by atoms with van der Waals surface area (Å²) in [5, 5.41) is 2.22. The van der Waals surface area contributed by atoms with Crippen molar-refractivity contribution in [2.75, 3.05) is 24.6 Å². The number of pyridine rings is 1. The molecule has 1 saturated heterocycles. The van der Waals surface area contributed by atoms with Crippen LogP contribution < -0.4 is 5.73 Å². The van der Waals surface area contributed by atoms with Gasteiger partial charge in [-0.3, -0.25) is 4.79 Å². The molecule has 1 fully saturated rings. The third-order valence-electron chi connectivity index (χ3n) is 3.58. The van der Waals surface area contributed by atoms with Gasteiger partial charge in [0.1, 0.15) is 5.82 Å². The fraction of sp³-hybridized carbons (Fsp3) is 0.333. The van der Waals surface area contributed by atoms with Crippen LogP contribution in [0.1, 0.15) is 17.3 Å². The first-order chi connectivity index (χ1) is 9.66. The number of benzene rings is 1. The molecule has 1 atom stereocenters. The highest BCUT2D eigenvalue weighted by atomic mass is 32.2. The molecule has 2 heterocycles. The number of nitrogens with zero attached hydrogens (tertiary/aromatic N) is 2. The third kappa shape index (κ3) is 2.33. The summed E-state index contributed by atoms with van der Waals surface area (Å²) in [6.45, 7) is 3.75. The number of aromatic nitrogens is 1. The van der Waals surface area contributed by atoms with E-state index < -0.39 is 0 Å². The highest BCUT2D eigenvalue weighted by Gasteiger charge is 2.24. The van der Waals surface area contributed by atoms with Crippen molar-refractivity contribution in [1.82, 2.24) is 9.88 Å².